The Morgan fingerprint density at radius 2 is 1.80 bits per heavy atom. The van der Waals surface area contributed by atoms with E-state index in [9.17, 15) is 13.2 Å². The third-order valence-corrected chi connectivity index (χ3v) is 3.65. The molecule has 2 N–H and O–H groups in total. The molecule has 1 aromatic carbocycles. The van der Waals surface area contributed by atoms with E-state index in [0.29, 0.717) is 16.5 Å². The first-order valence-corrected chi connectivity index (χ1v) is 6.68. The maximum Gasteiger partial charge on any atom is 0.416 e. The van der Waals surface area contributed by atoms with Gasteiger partial charge in [0.25, 0.3) is 0 Å². The van der Waals surface area contributed by atoms with Crippen LogP contribution in [0.5, 0.6) is 0 Å². The lowest BCUT2D eigenvalue weighted by atomic mass is 9.98. The standard InChI is InChI=1S/C14H12BrF3N2/c15-12-2-1-10(14(16,17)18)8-11(12)13(19)7-9-3-5-20-6-4-9/h1-6,8,13H,7,19H2. The Labute approximate surface area is 123 Å². The van der Waals surface area contributed by atoms with Crippen molar-refractivity contribution in [1.82, 2.24) is 4.98 Å². The predicted octanol–water partition coefficient (Wildman–Crippen LogP) is 4.11. The van der Waals surface area contributed by atoms with Gasteiger partial charge in [0.15, 0.2) is 0 Å². The molecule has 0 amide bonds. The van der Waals surface area contributed by atoms with Crippen molar-refractivity contribution in [3.8, 4) is 0 Å². The molecule has 0 aliphatic carbocycles. The van der Waals surface area contributed by atoms with E-state index in [2.05, 4.69) is 20.9 Å². The quantitative estimate of drug-likeness (QED) is 0.910. The van der Waals surface area contributed by atoms with Crippen molar-refractivity contribution in [2.45, 2.75) is 18.6 Å². The Bertz CT molecular complexity index is 585. The summed E-state index contributed by atoms with van der Waals surface area (Å²) >= 11 is 3.25. The third-order valence-electron chi connectivity index (χ3n) is 2.93. The molecule has 1 unspecified atom stereocenters. The molecule has 2 aromatic rings. The van der Waals surface area contributed by atoms with Gasteiger partial charge in [0.2, 0.25) is 0 Å². The molecule has 1 atom stereocenters. The molecule has 6 heteroatoms. The highest BCUT2D eigenvalue weighted by molar-refractivity contribution is 9.10. The molecule has 0 radical (unpaired) electrons. The number of benzene rings is 1. The van der Waals surface area contributed by atoms with Crippen LogP contribution in [0.3, 0.4) is 0 Å². The number of hydrogen-bond donors (Lipinski definition) is 1. The highest BCUT2D eigenvalue weighted by Gasteiger charge is 2.31. The molecule has 1 heterocycles. The molecule has 2 rings (SSSR count). The van der Waals surface area contributed by atoms with Crippen LogP contribution < -0.4 is 5.73 Å². The van der Waals surface area contributed by atoms with E-state index in [0.717, 1.165) is 17.7 Å². The van der Waals surface area contributed by atoms with Crippen molar-refractivity contribution >= 4 is 15.9 Å². The zero-order valence-electron chi connectivity index (χ0n) is 10.4. The molecule has 20 heavy (non-hydrogen) atoms. The summed E-state index contributed by atoms with van der Waals surface area (Å²) in [5.74, 6) is 0. The van der Waals surface area contributed by atoms with Crippen molar-refractivity contribution in [2.75, 3.05) is 0 Å². The Balaban J connectivity index is 2.27. The Hall–Kier alpha value is -1.40. The molecule has 106 valence electrons. The number of pyridine rings is 1. The molecule has 0 spiro atoms. The summed E-state index contributed by atoms with van der Waals surface area (Å²) in [4.78, 5) is 3.89. The second-order valence-corrected chi connectivity index (χ2v) is 5.25. The van der Waals surface area contributed by atoms with Gasteiger partial charge in [-0.3, -0.25) is 4.98 Å². The van der Waals surface area contributed by atoms with Crippen LogP contribution in [0.25, 0.3) is 0 Å². The fourth-order valence-corrected chi connectivity index (χ4v) is 2.43. The van der Waals surface area contributed by atoms with E-state index in [4.69, 9.17) is 5.73 Å². The smallest absolute Gasteiger partial charge is 0.324 e. The lowest BCUT2D eigenvalue weighted by Crippen LogP contribution is -2.15. The van der Waals surface area contributed by atoms with E-state index in [-0.39, 0.29) is 0 Å². The van der Waals surface area contributed by atoms with Crippen molar-refractivity contribution in [3.05, 3.63) is 63.9 Å². The highest BCUT2D eigenvalue weighted by Crippen LogP contribution is 2.34. The van der Waals surface area contributed by atoms with Crippen LogP contribution in [0.2, 0.25) is 0 Å². The zero-order valence-corrected chi connectivity index (χ0v) is 11.9. The molecule has 0 saturated heterocycles. The Morgan fingerprint density at radius 3 is 2.40 bits per heavy atom. The molecule has 0 aliphatic heterocycles. The van der Waals surface area contributed by atoms with E-state index in [1.165, 1.54) is 6.07 Å². The molecule has 0 fully saturated rings. The van der Waals surface area contributed by atoms with Gasteiger partial charge in [0.05, 0.1) is 5.56 Å². The van der Waals surface area contributed by atoms with Crippen LogP contribution >= 0.6 is 15.9 Å². The third kappa shape index (κ3) is 3.58. The number of aromatic nitrogens is 1. The molecule has 0 aliphatic rings. The van der Waals surface area contributed by atoms with Crippen LogP contribution in [-0.2, 0) is 12.6 Å². The van der Waals surface area contributed by atoms with Crippen molar-refractivity contribution < 1.29 is 13.2 Å². The first kappa shape index (κ1) is 15.0. The largest absolute Gasteiger partial charge is 0.416 e. The fraction of sp³-hybridized carbons (Fsp3) is 0.214. The zero-order chi connectivity index (χ0) is 14.8. The second-order valence-electron chi connectivity index (χ2n) is 4.40. The summed E-state index contributed by atoms with van der Waals surface area (Å²) in [6.07, 6.45) is -0.666. The minimum Gasteiger partial charge on any atom is -0.324 e. The van der Waals surface area contributed by atoms with Gasteiger partial charge in [-0.1, -0.05) is 15.9 Å². The van der Waals surface area contributed by atoms with Crippen LogP contribution in [0.15, 0.2) is 47.2 Å². The van der Waals surface area contributed by atoms with Crippen LogP contribution in [0, 0.1) is 0 Å². The van der Waals surface area contributed by atoms with E-state index in [1.54, 1.807) is 24.5 Å². The first-order chi connectivity index (χ1) is 9.38. The molecule has 0 bridgehead atoms. The van der Waals surface area contributed by atoms with Gasteiger partial charge >= 0.3 is 6.18 Å². The van der Waals surface area contributed by atoms with Crippen LogP contribution in [0.1, 0.15) is 22.7 Å². The van der Waals surface area contributed by atoms with Gasteiger partial charge in [-0.05, 0) is 47.9 Å². The van der Waals surface area contributed by atoms with E-state index < -0.39 is 17.8 Å². The fourth-order valence-electron chi connectivity index (χ4n) is 1.89. The molecule has 0 saturated carbocycles. The summed E-state index contributed by atoms with van der Waals surface area (Å²) in [5, 5.41) is 0. The van der Waals surface area contributed by atoms with Gasteiger partial charge in [0.1, 0.15) is 0 Å². The van der Waals surface area contributed by atoms with Gasteiger partial charge in [-0.2, -0.15) is 13.2 Å². The average molecular weight is 345 g/mol. The summed E-state index contributed by atoms with van der Waals surface area (Å²) in [5.41, 5.74) is 6.70. The first-order valence-electron chi connectivity index (χ1n) is 5.89. The van der Waals surface area contributed by atoms with Gasteiger partial charge in [0, 0.05) is 22.9 Å². The van der Waals surface area contributed by atoms with Gasteiger partial charge < -0.3 is 5.73 Å². The summed E-state index contributed by atoms with van der Waals surface area (Å²) < 4.78 is 38.8. The number of nitrogens with two attached hydrogens (primary N) is 1. The number of alkyl halides is 3. The molecular formula is C14H12BrF3N2. The van der Waals surface area contributed by atoms with E-state index >= 15 is 0 Å². The average Bonchev–Trinajstić information content (AvgIpc) is 2.39. The highest BCUT2D eigenvalue weighted by atomic mass is 79.9. The number of nitrogens with zero attached hydrogens (tertiary/aromatic N) is 1. The summed E-state index contributed by atoms with van der Waals surface area (Å²) in [6, 6.07) is 6.57. The van der Waals surface area contributed by atoms with Gasteiger partial charge in [-0.25, -0.2) is 0 Å². The summed E-state index contributed by atoms with van der Waals surface area (Å²) in [7, 11) is 0. The van der Waals surface area contributed by atoms with Crippen LogP contribution in [0.4, 0.5) is 13.2 Å². The SMILES string of the molecule is NC(Cc1ccncc1)c1cc(C(F)(F)F)ccc1Br. The predicted molar refractivity (Wildman–Crippen MR) is 74.0 cm³/mol. The van der Waals surface area contributed by atoms with Crippen LogP contribution in [-0.4, -0.2) is 4.98 Å². The van der Waals surface area contributed by atoms with E-state index in [1.807, 2.05) is 0 Å². The van der Waals surface area contributed by atoms with Crippen molar-refractivity contribution in [1.29, 1.82) is 0 Å². The van der Waals surface area contributed by atoms with Crippen molar-refractivity contribution in [3.63, 3.8) is 0 Å². The number of hydrogen-bond acceptors (Lipinski definition) is 2. The van der Waals surface area contributed by atoms with Gasteiger partial charge in [-0.15, -0.1) is 0 Å². The maximum atomic E-state index is 12.7. The maximum absolute atomic E-state index is 12.7. The second kappa shape index (κ2) is 5.93. The molecular weight excluding hydrogens is 333 g/mol. The minimum absolute atomic E-state index is 0.441. The molecule has 1 aromatic heterocycles. The van der Waals surface area contributed by atoms with Crippen molar-refractivity contribution in [2.24, 2.45) is 5.73 Å². The normalized spacial score (nSPS) is 13.2. The topological polar surface area (TPSA) is 38.9 Å². The number of halogens is 4. The Kier molecular flexibility index (Phi) is 4.45. The monoisotopic (exact) mass is 344 g/mol. The lowest BCUT2D eigenvalue weighted by molar-refractivity contribution is -0.137. The molecule has 2 nitrogen and oxygen atoms in total. The lowest BCUT2D eigenvalue weighted by Gasteiger charge is -2.16. The minimum atomic E-state index is -4.37. The number of rotatable bonds is 3. The summed E-state index contributed by atoms with van der Waals surface area (Å²) in [6.45, 7) is 0. The Morgan fingerprint density at radius 1 is 1.15 bits per heavy atom.